The van der Waals surface area contributed by atoms with E-state index in [0.717, 1.165) is 0 Å². The van der Waals surface area contributed by atoms with Gasteiger partial charge < -0.3 is 4.74 Å². The second kappa shape index (κ2) is 5.34. The van der Waals surface area contributed by atoms with E-state index in [0.29, 0.717) is 0 Å². The van der Waals surface area contributed by atoms with Crippen LogP contribution in [0.5, 0.6) is 0 Å². The summed E-state index contributed by atoms with van der Waals surface area (Å²) in [6.07, 6.45) is 0.607. The third-order valence-corrected chi connectivity index (χ3v) is 2.87. The third-order valence-electron chi connectivity index (χ3n) is 1.55. The Balaban J connectivity index is 2.83. The largest absolute Gasteiger partial charge is 0.444 e. The normalized spacial score (nSPS) is 11.2. The molecule has 0 saturated heterocycles. The Labute approximate surface area is 117 Å². The number of hydrogen-bond acceptors (Lipinski definition) is 3. The van der Waals surface area contributed by atoms with Gasteiger partial charge in [0, 0.05) is 0 Å². The number of nitrogens with one attached hydrogen (secondary N) is 1. The highest BCUT2D eigenvalue weighted by molar-refractivity contribution is 14.1. The molecule has 1 N–H and O–H groups in total. The van der Waals surface area contributed by atoms with E-state index in [1.54, 1.807) is 43.4 Å². The van der Waals surface area contributed by atoms with Crippen LogP contribution in [-0.4, -0.2) is 16.7 Å². The highest BCUT2D eigenvalue weighted by Crippen LogP contribution is 2.25. The summed E-state index contributed by atoms with van der Waals surface area (Å²) in [4.78, 5) is 15.1. The Bertz CT molecular complexity index is 449. The van der Waals surface area contributed by atoms with Crippen molar-refractivity contribution in [3.05, 3.63) is 20.7 Å². The number of carbonyl (C=O) groups excluding carboxylic acids is 1. The van der Waals surface area contributed by atoms with Crippen molar-refractivity contribution >= 4 is 46.0 Å². The van der Waals surface area contributed by atoms with Gasteiger partial charge >= 0.3 is 6.09 Å². The van der Waals surface area contributed by atoms with E-state index in [2.05, 4.69) is 10.3 Å². The molecule has 4 nitrogen and oxygen atoms in total. The van der Waals surface area contributed by atoms with E-state index < -0.39 is 17.5 Å². The minimum absolute atomic E-state index is 0.188. The molecule has 0 aliphatic carbocycles. The minimum Gasteiger partial charge on any atom is -0.444 e. The molecule has 0 bridgehead atoms. The highest BCUT2D eigenvalue weighted by atomic mass is 127. The van der Waals surface area contributed by atoms with Crippen molar-refractivity contribution in [2.75, 3.05) is 5.32 Å². The lowest BCUT2D eigenvalue weighted by Gasteiger charge is -2.19. The van der Waals surface area contributed by atoms with E-state index in [1.165, 1.54) is 6.20 Å². The molecule has 17 heavy (non-hydrogen) atoms. The average molecular weight is 373 g/mol. The number of halogens is 3. The summed E-state index contributed by atoms with van der Waals surface area (Å²) in [6, 6.07) is 0. The molecule has 1 aromatic rings. The van der Waals surface area contributed by atoms with Gasteiger partial charge in [-0.15, -0.1) is 0 Å². The first-order chi connectivity index (χ1) is 7.70. The monoisotopic (exact) mass is 372 g/mol. The molecule has 1 amide bonds. The first kappa shape index (κ1) is 14.4. The van der Waals surface area contributed by atoms with Crippen LogP contribution in [0.25, 0.3) is 0 Å². The molecule has 0 aliphatic heterocycles. The first-order valence-corrected chi connectivity index (χ1v) is 6.16. The predicted octanol–water partition coefficient (Wildman–Crippen LogP) is 3.83. The molecule has 0 radical (unpaired) electrons. The van der Waals surface area contributed by atoms with E-state index in [-0.39, 0.29) is 14.4 Å². The first-order valence-electron chi connectivity index (χ1n) is 4.70. The zero-order valence-electron chi connectivity index (χ0n) is 9.47. The molecule has 1 rings (SSSR count). The van der Waals surface area contributed by atoms with Crippen molar-refractivity contribution in [2.45, 2.75) is 26.4 Å². The van der Waals surface area contributed by atoms with Crippen LogP contribution in [0.15, 0.2) is 6.20 Å². The van der Waals surface area contributed by atoms with Crippen molar-refractivity contribution in [3.8, 4) is 0 Å². The second-order valence-corrected chi connectivity index (χ2v) is 5.65. The number of rotatable bonds is 1. The maximum absolute atomic E-state index is 13.4. The number of aromatic nitrogens is 1. The lowest BCUT2D eigenvalue weighted by molar-refractivity contribution is 0.0636. The fourth-order valence-corrected chi connectivity index (χ4v) is 1.78. The van der Waals surface area contributed by atoms with Crippen molar-refractivity contribution in [1.82, 2.24) is 4.98 Å². The smallest absolute Gasteiger partial charge is 0.412 e. The number of nitrogens with zero attached hydrogens (tertiary/aromatic N) is 1. The predicted molar refractivity (Wildman–Crippen MR) is 71.8 cm³/mol. The fraction of sp³-hybridized carbons (Fsp3) is 0.400. The van der Waals surface area contributed by atoms with E-state index in [9.17, 15) is 9.18 Å². The molecule has 0 saturated carbocycles. The molecule has 0 unspecified atom stereocenters. The van der Waals surface area contributed by atoms with Gasteiger partial charge in [-0.05, 0) is 43.4 Å². The van der Waals surface area contributed by atoms with Gasteiger partial charge in [0.2, 0.25) is 0 Å². The number of amides is 1. The van der Waals surface area contributed by atoms with Crippen LogP contribution >= 0.6 is 34.2 Å². The molecule has 0 aliphatic rings. The molecule has 1 heterocycles. The molecule has 0 aromatic carbocycles. The van der Waals surface area contributed by atoms with Crippen LogP contribution in [0.3, 0.4) is 0 Å². The van der Waals surface area contributed by atoms with E-state index in [4.69, 9.17) is 16.3 Å². The van der Waals surface area contributed by atoms with Crippen molar-refractivity contribution < 1.29 is 13.9 Å². The summed E-state index contributed by atoms with van der Waals surface area (Å²) in [5, 5.41) is 2.17. The lowest BCUT2D eigenvalue weighted by atomic mass is 10.2. The van der Waals surface area contributed by atoms with Gasteiger partial charge in [-0.25, -0.2) is 14.2 Å². The highest BCUT2D eigenvalue weighted by Gasteiger charge is 2.18. The molecule has 0 atom stereocenters. The van der Waals surface area contributed by atoms with Crippen LogP contribution in [0.2, 0.25) is 5.15 Å². The number of carbonyl (C=O) groups is 1. The Kier molecular flexibility index (Phi) is 4.54. The zero-order valence-corrected chi connectivity index (χ0v) is 12.4. The van der Waals surface area contributed by atoms with Crippen LogP contribution in [0.4, 0.5) is 14.9 Å². The second-order valence-electron chi connectivity index (χ2n) is 4.22. The fourth-order valence-electron chi connectivity index (χ4n) is 0.944. The van der Waals surface area contributed by atoms with E-state index in [1.807, 2.05) is 0 Å². The van der Waals surface area contributed by atoms with E-state index >= 15 is 0 Å². The van der Waals surface area contributed by atoms with Gasteiger partial charge in [0.15, 0.2) is 11.0 Å². The molecule has 0 spiro atoms. The zero-order chi connectivity index (χ0) is 13.2. The molecular formula is C10H11ClFIN2O2. The van der Waals surface area contributed by atoms with Crippen LogP contribution < -0.4 is 5.32 Å². The summed E-state index contributed by atoms with van der Waals surface area (Å²) in [6.45, 7) is 5.20. The number of anilines is 1. The summed E-state index contributed by atoms with van der Waals surface area (Å²) in [5.41, 5.74) is -0.393. The minimum atomic E-state index is -0.668. The number of hydrogen-bond donors (Lipinski definition) is 1. The Morgan fingerprint density at radius 2 is 2.18 bits per heavy atom. The average Bonchev–Trinajstić information content (AvgIpc) is 2.16. The van der Waals surface area contributed by atoms with Crippen LogP contribution in [0, 0.1) is 9.39 Å². The Morgan fingerprint density at radius 1 is 1.59 bits per heavy atom. The van der Waals surface area contributed by atoms with Gasteiger partial charge in [0.25, 0.3) is 0 Å². The van der Waals surface area contributed by atoms with Crippen molar-refractivity contribution in [3.63, 3.8) is 0 Å². The molecule has 94 valence electrons. The summed E-state index contributed by atoms with van der Waals surface area (Å²) < 4.78 is 18.6. The lowest BCUT2D eigenvalue weighted by Crippen LogP contribution is -2.27. The van der Waals surface area contributed by atoms with Gasteiger partial charge in [-0.3, -0.25) is 5.32 Å². The summed E-state index contributed by atoms with van der Waals surface area (Å²) in [5.74, 6) is -0.666. The van der Waals surface area contributed by atoms with Crippen molar-refractivity contribution in [2.24, 2.45) is 0 Å². The van der Waals surface area contributed by atoms with Gasteiger partial charge in [0.1, 0.15) is 5.60 Å². The SMILES string of the molecule is CC(C)(C)OC(=O)Nc1cnc(Cl)c(F)c1I. The van der Waals surface area contributed by atoms with Gasteiger partial charge in [-0.2, -0.15) is 0 Å². The van der Waals surface area contributed by atoms with Gasteiger partial charge in [0.05, 0.1) is 15.5 Å². The standard InChI is InChI=1S/C10H11ClFIN2O2/c1-10(2,3)17-9(16)15-5-4-14-8(11)6(12)7(5)13/h4H,1-3H3,(H,15,16). The summed E-state index contributed by atoms with van der Waals surface area (Å²) in [7, 11) is 0. The molecular weight excluding hydrogens is 361 g/mol. The Hall–Kier alpha value is -0.630. The van der Waals surface area contributed by atoms with Crippen molar-refractivity contribution in [1.29, 1.82) is 0 Å². The maximum atomic E-state index is 13.4. The number of ether oxygens (including phenoxy) is 1. The quantitative estimate of drug-likeness (QED) is 0.602. The molecule has 1 aromatic heterocycles. The Morgan fingerprint density at radius 3 is 2.71 bits per heavy atom. The topological polar surface area (TPSA) is 51.2 Å². The maximum Gasteiger partial charge on any atom is 0.412 e. The molecule has 0 fully saturated rings. The van der Waals surface area contributed by atoms with Crippen LogP contribution in [0.1, 0.15) is 20.8 Å². The number of pyridine rings is 1. The summed E-state index contributed by atoms with van der Waals surface area (Å²) >= 11 is 7.23. The third kappa shape index (κ3) is 4.27. The van der Waals surface area contributed by atoms with Gasteiger partial charge in [-0.1, -0.05) is 11.6 Å². The molecule has 7 heteroatoms. The van der Waals surface area contributed by atoms with Crippen LogP contribution in [-0.2, 0) is 4.74 Å².